The van der Waals surface area contributed by atoms with Crippen LogP contribution in [0.25, 0.3) is 0 Å². The van der Waals surface area contributed by atoms with Crippen LogP contribution in [0.3, 0.4) is 0 Å². The Bertz CT molecular complexity index is 862. The van der Waals surface area contributed by atoms with E-state index in [1.54, 1.807) is 29.7 Å². The first-order valence-corrected chi connectivity index (χ1v) is 11.5. The van der Waals surface area contributed by atoms with Crippen molar-refractivity contribution in [3.05, 3.63) is 64.7 Å². The van der Waals surface area contributed by atoms with E-state index in [1.165, 1.54) is 5.56 Å². The molecule has 0 aliphatic rings. The van der Waals surface area contributed by atoms with Gasteiger partial charge in [-0.2, -0.15) is 0 Å². The van der Waals surface area contributed by atoms with Gasteiger partial charge in [-0.05, 0) is 64.4 Å². The number of hydrogen-bond acceptors (Lipinski definition) is 3. The quantitative estimate of drug-likeness (QED) is 0.547. The summed E-state index contributed by atoms with van der Waals surface area (Å²) in [5, 5.41) is 3.59. The van der Waals surface area contributed by atoms with E-state index in [-0.39, 0.29) is 17.4 Å². The Balaban J connectivity index is 2.09. The normalized spacial score (nSPS) is 12.3. The second-order valence-electron chi connectivity index (χ2n) is 8.48. The highest BCUT2D eigenvalue weighted by atomic mass is 35.5. The fourth-order valence-corrected chi connectivity index (χ4v) is 3.98. The van der Waals surface area contributed by atoms with E-state index in [9.17, 15) is 9.59 Å². The number of benzene rings is 2. The number of hydrogen-bond donors (Lipinski definition) is 1. The number of aryl methyl sites for hydroxylation is 1. The van der Waals surface area contributed by atoms with E-state index < -0.39 is 6.04 Å². The molecule has 0 heterocycles. The largest absolute Gasteiger partial charge is 0.350 e. The summed E-state index contributed by atoms with van der Waals surface area (Å²) in [4.78, 5) is 28.6. The van der Waals surface area contributed by atoms with E-state index >= 15 is 0 Å². The van der Waals surface area contributed by atoms with Gasteiger partial charge in [0.25, 0.3) is 0 Å². The summed E-state index contributed by atoms with van der Waals surface area (Å²) in [5.74, 6) is 0.442. The molecule has 0 fully saturated rings. The minimum Gasteiger partial charge on any atom is -0.350 e. The lowest BCUT2D eigenvalue weighted by molar-refractivity contribution is -0.140. The molecule has 0 saturated carbocycles. The Morgan fingerprint density at radius 1 is 1.13 bits per heavy atom. The first-order chi connectivity index (χ1) is 14.0. The lowest BCUT2D eigenvalue weighted by atomic mass is 10.1. The summed E-state index contributed by atoms with van der Waals surface area (Å²) in [6.45, 7) is 9.95. The predicted octanol–water partition coefficient (Wildman–Crippen LogP) is 5.46. The number of rotatable bonds is 8. The van der Waals surface area contributed by atoms with Gasteiger partial charge >= 0.3 is 0 Å². The lowest BCUT2D eigenvalue weighted by Gasteiger charge is -2.31. The van der Waals surface area contributed by atoms with Crippen LogP contribution in [-0.4, -0.2) is 34.0 Å². The molecule has 2 aromatic rings. The maximum absolute atomic E-state index is 13.1. The number of amides is 2. The number of carbonyl (C=O) groups excluding carboxylic acids is 2. The van der Waals surface area contributed by atoms with Crippen LogP contribution in [0, 0.1) is 6.92 Å². The van der Waals surface area contributed by atoms with Crippen molar-refractivity contribution in [2.45, 2.75) is 64.1 Å². The van der Waals surface area contributed by atoms with Gasteiger partial charge in [-0.1, -0.05) is 41.4 Å². The van der Waals surface area contributed by atoms with Gasteiger partial charge in [0.05, 0.1) is 0 Å². The Hall–Kier alpha value is -1.98. The number of thioether (sulfide) groups is 1. The second kappa shape index (κ2) is 10.9. The topological polar surface area (TPSA) is 49.4 Å². The molecular weight excluding hydrogens is 416 g/mol. The van der Waals surface area contributed by atoms with Crippen molar-refractivity contribution in [2.24, 2.45) is 0 Å². The summed E-state index contributed by atoms with van der Waals surface area (Å²) in [6, 6.07) is 15.1. The smallest absolute Gasteiger partial charge is 0.242 e. The fraction of sp³-hybridized carbons (Fsp3) is 0.417. The molecule has 0 bridgehead atoms. The third kappa shape index (κ3) is 8.04. The molecule has 0 spiro atoms. The Kier molecular flexibility index (Phi) is 8.80. The maximum Gasteiger partial charge on any atom is 0.242 e. The van der Waals surface area contributed by atoms with Crippen LogP contribution in [0.2, 0.25) is 5.02 Å². The third-order valence-electron chi connectivity index (χ3n) is 4.51. The molecule has 1 atom stereocenters. The molecule has 0 saturated heterocycles. The van der Waals surface area contributed by atoms with Crippen molar-refractivity contribution < 1.29 is 9.59 Å². The highest BCUT2D eigenvalue weighted by molar-refractivity contribution is 7.99. The van der Waals surface area contributed by atoms with E-state index in [4.69, 9.17) is 11.6 Å². The van der Waals surface area contributed by atoms with Gasteiger partial charge in [-0.15, -0.1) is 11.8 Å². The van der Waals surface area contributed by atoms with Gasteiger partial charge < -0.3 is 10.2 Å². The molecule has 2 rings (SSSR count). The molecule has 30 heavy (non-hydrogen) atoms. The molecule has 4 nitrogen and oxygen atoms in total. The molecule has 0 aliphatic carbocycles. The Labute approximate surface area is 189 Å². The summed E-state index contributed by atoms with van der Waals surface area (Å²) >= 11 is 7.76. The van der Waals surface area contributed by atoms with Crippen molar-refractivity contribution >= 4 is 35.2 Å². The zero-order chi connectivity index (χ0) is 22.3. The van der Waals surface area contributed by atoms with Crippen molar-refractivity contribution in [1.29, 1.82) is 0 Å². The molecule has 1 N–H and O–H groups in total. The highest BCUT2D eigenvalue weighted by Gasteiger charge is 2.28. The lowest BCUT2D eigenvalue weighted by Crippen LogP contribution is -2.52. The fourth-order valence-electron chi connectivity index (χ4n) is 2.92. The zero-order valence-electron chi connectivity index (χ0n) is 18.4. The van der Waals surface area contributed by atoms with Crippen molar-refractivity contribution in [2.75, 3.05) is 5.75 Å². The van der Waals surface area contributed by atoms with Crippen molar-refractivity contribution in [3.63, 3.8) is 0 Å². The Morgan fingerprint density at radius 2 is 1.80 bits per heavy atom. The molecule has 0 aliphatic heterocycles. The number of nitrogens with zero attached hydrogens (tertiary/aromatic N) is 1. The molecular formula is C24H31ClN2O2S. The SMILES string of the molecule is Cc1ccc(SCCC(=O)N(Cc2cccc(Cl)c2)[C@@H](C)C(=O)NC(C)(C)C)cc1. The van der Waals surface area contributed by atoms with Crippen LogP contribution in [0.5, 0.6) is 0 Å². The molecule has 2 aromatic carbocycles. The average molecular weight is 447 g/mol. The predicted molar refractivity (Wildman–Crippen MR) is 126 cm³/mol. The van der Waals surface area contributed by atoms with E-state index in [2.05, 4.69) is 36.5 Å². The van der Waals surface area contributed by atoms with Gasteiger partial charge in [-0.3, -0.25) is 9.59 Å². The standard InChI is InChI=1S/C24H31ClN2O2S/c1-17-9-11-21(12-10-17)30-14-13-22(28)27(16-19-7-6-8-20(25)15-19)18(2)23(29)26-24(3,4)5/h6-12,15,18H,13-14,16H2,1-5H3,(H,26,29)/t18-/m0/s1. The monoisotopic (exact) mass is 446 g/mol. The van der Waals surface area contributed by atoms with Gasteiger partial charge in [0, 0.05) is 34.2 Å². The van der Waals surface area contributed by atoms with Crippen LogP contribution in [-0.2, 0) is 16.1 Å². The molecule has 162 valence electrons. The number of nitrogens with one attached hydrogen (secondary N) is 1. The minimum absolute atomic E-state index is 0.0499. The summed E-state index contributed by atoms with van der Waals surface area (Å²) < 4.78 is 0. The Morgan fingerprint density at radius 3 is 2.40 bits per heavy atom. The first kappa shape index (κ1) is 24.3. The molecule has 2 amide bonds. The highest BCUT2D eigenvalue weighted by Crippen LogP contribution is 2.21. The molecule has 0 unspecified atom stereocenters. The van der Waals surface area contributed by atoms with E-state index in [0.29, 0.717) is 23.7 Å². The average Bonchev–Trinajstić information content (AvgIpc) is 2.65. The van der Waals surface area contributed by atoms with Crippen LogP contribution < -0.4 is 5.32 Å². The minimum atomic E-state index is -0.583. The van der Waals surface area contributed by atoms with Crippen molar-refractivity contribution in [3.8, 4) is 0 Å². The van der Waals surface area contributed by atoms with Crippen LogP contribution in [0.15, 0.2) is 53.4 Å². The maximum atomic E-state index is 13.1. The van der Waals surface area contributed by atoms with Crippen LogP contribution >= 0.6 is 23.4 Å². The van der Waals surface area contributed by atoms with Gasteiger partial charge in [0.15, 0.2) is 0 Å². The number of carbonyl (C=O) groups is 2. The van der Waals surface area contributed by atoms with Crippen molar-refractivity contribution in [1.82, 2.24) is 10.2 Å². The summed E-state index contributed by atoms with van der Waals surface area (Å²) in [5.41, 5.74) is 1.75. The molecule has 0 aromatic heterocycles. The first-order valence-electron chi connectivity index (χ1n) is 10.1. The number of halogens is 1. The summed E-state index contributed by atoms with van der Waals surface area (Å²) in [6.07, 6.45) is 0.353. The van der Waals surface area contributed by atoms with E-state index in [0.717, 1.165) is 10.5 Å². The van der Waals surface area contributed by atoms with Gasteiger partial charge in [0.1, 0.15) is 6.04 Å². The van der Waals surface area contributed by atoms with E-state index in [1.807, 2.05) is 39.0 Å². The van der Waals surface area contributed by atoms with Gasteiger partial charge in [0.2, 0.25) is 11.8 Å². The summed E-state index contributed by atoms with van der Waals surface area (Å²) in [7, 11) is 0. The molecule has 0 radical (unpaired) electrons. The van der Waals surface area contributed by atoms with Gasteiger partial charge in [-0.25, -0.2) is 0 Å². The molecule has 6 heteroatoms. The third-order valence-corrected chi connectivity index (χ3v) is 5.76. The van der Waals surface area contributed by atoms with Crippen LogP contribution in [0.1, 0.15) is 45.2 Å². The van der Waals surface area contributed by atoms with Crippen LogP contribution in [0.4, 0.5) is 0 Å². The zero-order valence-corrected chi connectivity index (χ0v) is 19.9. The second-order valence-corrected chi connectivity index (χ2v) is 10.1.